The number of benzene rings is 1. The summed E-state index contributed by atoms with van der Waals surface area (Å²) in [6, 6.07) is 5.00. The molecule has 106 valence electrons. The van der Waals surface area contributed by atoms with Gasteiger partial charge in [0.05, 0.1) is 5.56 Å². The number of nitrogen functional groups attached to an aromatic ring is 1. The van der Waals surface area contributed by atoms with Gasteiger partial charge in [-0.1, -0.05) is 6.07 Å². The SMILES string of the molecule is Cc1ccc(C(F)(F)F)cc1Nc1ccnc(NN)n1. The Morgan fingerprint density at radius 2 is 1.95 bits per heavy atom. The Kier molecular flexibility index (Phi) is 3.75. The van der Waals surface area contributed by atoms with E-state index in [9.17, 15) is 13.2 Å². The maximum atomic E-state index is 12.7. The highest BCUT2D eigenvalue weighted by Gasteiger charge is 2.30. The monoisotopic (exact) mass is 283 g/mol. The Morgan fingerprint density at radius 1 is 1.20 bits per heavy atom. The first-order chi connectivity index (χ1) is 9.40. The smallest absolute Gasteiger partial charge is 0.340 e. The molecule has 0 aliphatic rings. The number of nitrogens with zero attached hydrogens (tertiary/aromatic N) is 2. The molecule has 0 amide bonds. The van der Waals surface area contributed by atoms with E-state index in [4.69, 9.17) is 5.84 Å². The van der Waals surface area contributed by atoms with Gasteiger partial charge < -0.3 is 5.32 Å². The van der Waals surface area contributed by atoms with Gasteiger partial charge in [-0.15, -0.1) is 0 Å². The van der Waals surface area contributed by atoms with Crippen molar-refractivity contribution in [2.45, 2.75) is 13.1 Å². The van der Waals surface area contributed by atoms with Gasteiger partial charge in [-0.3, -0.25) is 5.43 Å². The van der Waals surface area contributed by atoms with E-state index in [0.29, 0.717) is 17.1 Å². The van der Waals surface area contributed by atoms with Crippen LogP contribution in [0.15, 0.2) is 30.5 Å². The Morgan fingerprint density at radius 3 is 2.60 bits per heavy atom. The largest absolute Gasteiger partial charge is 0.416 e. The summed E-state index contributed by atoms with van der Waals surface area (Å²) in [6.45, 7) is 1.70. The van der Waals surface area contributed by atoms with E-state index in [2.05, 4.69) is 20.7 Å². The molecule has 1 heterocycles. The lowest BCUT2D eigenvalue weighted by Crippen LogP contribution is -2.11. The molecule has 2 rings (SSSR count). The first kappa shape index (κ1) is 14.1. The van der Waals surface area contributed by atoms with E-state index in [1.165, 1.54) is 18.3 Å². The Hall–Kier alpha value is -2.35. The number of hydrogen-bond acceptors (Lipinski definition) is 5. The summed E-state index contributed by atoms with van der Waals surface area (Å²) in [5.41, 5.74) is 2.52. The van der Waals surface area contributed by atoms with Gasteiger partial charge in [-0.25, -0.2) is 10.8 Å². The van der Waals surface area contributed by atoms with Crippen molar-refractivity contribution in [3.63, 3.8) is 0 Å². The molecule has 20 heavy (non-hydrogen) atoms. The van der Waals surface area contributed by atoms with Gasteiger partial charge in [0.1, 0.15) is 5.82 Å². The van der Waals surface area contributed by atoms with Gasteiger partial charge in [0, 0.05) is 11.9 Å². The second-order valence-corrected chi connectivity index (χ2v) is 4.06. The van der Waals surface area contributed by atoms with E-state index in [0.717, 1.165) is 12.1 Å². The summed E-state index contributed by atoms with van der Waals surface area (Å²) in [7, 11) is 0. The number of nitrogens with one attached hydrogen (secondary N) is 2. The second kappa shape index (κ2) is 5.33. The van der Waals surface area contributed by atoms with Gasteiger partial charge in [0.25, 0.3) is 0 Å². The molecule has 8 heteroatoms. The Labute approximate surface area is 113 Å². The number of aromatic nitrogens is 2. The Balaban J connectivity index is 2.32. The van der Waals surface area contributed by atoms with Crippen molar-refractivity contribution in [1.29, 1.82) is 0 Å². The molecule has 0 saturated carbocycles. The number of halogens is 3. The Bertz CT molecular complexity index is 612. The van der Waals surface area contributed by atoms with Crippen molar-refractivity contribution in [3.8, 4) is 0 Å². The molecule has 0 atom stereocenters. The summed E-state index contributed by atoms with van der Waals surface area (Å²) >= 11 is 0. The van der Waals surface area contributed by atoms with Crippen LogP contribution in [-0.4, -0.2) is 9.97 Å². The zero-order valence-corrected chi connectivity index (χ0v) is 10.5. The van der Waals surface area contributed by atoms with E-state index in [-0.39, 0.29) is 5.95 Å². The van der Waals surface area contributed by atoms with Crippen molar-refractivity contribution >= 4 is 17.5 Å². The predicted molar refractivity (Wildman–Crippen MR) is 69.3 cm³/mol. The molecule has 0 bridgehead atoms. The highest BCUT2D eigenvalue weighted by atomic mass is 19.4. The molecule has 5 nitrogen and oxygen atoms in total. The van der Waals surface area contributed by atoms with Gasteiger partial charge in [-0.2, -0.15) is 18.2 Å². The molecule has 0 spiro atoms. The van der Waals surface area contributed by atoms with Crippen LogP contribution in [-0.2, 0) is 6.18 Å². The molecular weight excluding hydrogens is 271 g/mol. The van der Waals surface area contributed by atoms with Gasteiger partial charge >= 0.3 is 6.18 Å². The lowest BCUT2D eigenvalue weighted by atomic mass is 10.1. The second-order valence-electron chi connectivity index (χ2n) is 4.06. The summed E-state index contributed by atoms with van der Waals surface area (Å²) < 4.78 is 38.0. The number of anilines is 3. The maximum Gasteiger partial charge on any atom is 0.416 e. The number of alkyl halides is 3. The van der Waals surface area contributed by atoms with E-state index in [1.807, 2.05) is 0 Å². The summed E-state index contributed by atoms with van der Waals surface area (Å²) in [4.78, 5) is 7.79. The highest BCUT2D eigenvalue weighted by molar-refractivity contribution is 5.62. The van der Waals surface area contributed by atoms with Gasteiger partial charge in [0.2, 0.25) is 5.95 Å². The zero-order valence-electron chi connectivity index (χ0n) is 10.5. The normalized spacial score (nSPS) is 11.2. The number of hydrazine groups is 1. The molecule has 0 radical (unpaired) electrons. The molecule has 0 saturated heterocycles. The minimum Gasteiger partial charge on any atom is -0.340 e. The first-order valence-corrected chi connectivity index (χ1v) is 5.64. The van der Waals surface area contributed by atoms with Crippen LogP contribution in [0.5, 0.6) is 0 Å². The van der Waals surface area contributed by atoms with E-state index >= 15 is 0 Å². The third-order valence-corrected chi connectivity index (χ3v) is 2.61. The minimum absolute atomic E-state index is 0.166. The molecule has 0 aliphatic carbocycles. The fourth-order valence-corrected chi connectivity index (χ4v) is 1.57. The average molecular weight is 283 g/mol. The fourth-order valence-electron chi connectivity index (χ4n) is 1.57. The number of nitrogens with two attached hydrogens (primary N) is 1. The van der Waals surface area contributed by atoms with E-state index in [1.54, 1.807) is 6.92 Å². The van der Waals surface area contributed by atoms with Gasteiger partial charge in [-0.05, 0) is 30.7 Å². The van der Waals surface area contributed by atoms with Crippen LogP contribution >= 0.6 is 0 Å². The van der Waals surface area contributed by atoms with E-state index < -0.39 is 11.7 Å². The summed E-state index contributed by atoms with van der Waals surface area (Å²) in [6.07, 6.45) is -2.95. The average Bonchev–Trinajstić information content (AvgIpc) is 2.40. The van der Waals surface area contributed by atoms with Crippen molar-refractivity contribution in [2.24, 2.45) is 5.84 Å². The van der Waals surface area contributed by atoms with Crippen LogP contribution < -0.4 is 16.6 Å². The predicted octanol–water partition coefficient (Wildman–Crippen LogP) is 2.83. The summed E-state index contributed by atoms with van der Waals surface area (Å²) in [5, 5.41) is 2.81. The number of aryl methyl sites for hydroxylation is 1. The van der Waals surface area contributed by atoms with Crippen molar-refractivity contribution in [3.05, 3.63) is 41.6 Å². The quantitative estimate of drug-likeness (QED) is 0.596. The molecule has 0 unspecified atom stereocenters. The maximum absolute atomic E-state index is 12.7. The molecule has 0 fully saturated rings. The molecule has 0 aliphatic heterocycles. The van der Waals surface area contributed by atoms with Crippen LogP contribution in [0.1, 0.15) is 11.1 Å². The molecule has 4 N–H and O–H groups in total. The minimum atomic E-state index is -4.39. The van der Waals surface area contributed by atoms with Crippen molar-refractivity contribution < 1.29 is 13.2 Å². The van der Waals surface area contributed by atoms with Crippen molar-refractivity contribution in [2.75, 3.05) is 10.7 Å². The molecule has 1 aromatic heterocycles. The van der Waals surface area contributed by atoms with Crippen LogP contribution in [0, 0.1) is 6.92 Å². The lowest BCUT2D eigenvalue weighted by Gasteiger charge is -2.13. The van der Waals surface area contributed by atoms with Crippen LogP contribution in [0.3, 0.4) is 0 Å². The topological polar surface area (TPSA) is 75.9 Å². The first-order valence-electron chi connectivity index (χ1n) is 5.64. The van der Waals surface area contributed by atoms with Crippen LogP contribution in [0.25, 0.3) is 0 Å². The number of rotatable bonds is 3. The lowest BCUT2D eigenvalue weighted by molar-refractivity contribution is -0.137. The third-order valence-electron chi connectivity index (χ3n) is 2.61. The van der Waals surface area contributed by atoms with Gasteiger partial charge in [0.15, 0.2) is 0 Å². The fraction of sp³-hybridized carbons (Fsp3) is 0.167. The molecule has 1 aromatic carbocycles. The third kappa shape index (κ3) is 3.15. The van der Waals surface area contributed by atoms with Crippen LogP contribution in [0.2, 0.25) is 0 Å². The highest BCUT2D eigenvalue weighted by Crippen LogP contribution is 2.32. The standard InChI is InChI=1S/C12H12F3N5/c1-7-2-3-8(12(13,14)15)6-9(7)18-10-4-5-17-11(19-10)20-16/h2-6H,16H2,1H3,(H2,17,18,19,20). The van der Waals surface area contributed by atoms with Crippen molar-refractivity contribution in [1.82, 2.24) is 9.97 Å². The summed E-state index contributed by atoms with van der Waals surface area (Å²) in [5.74, 6) is 5.68. The molecular formula is C12H12F3N5. The van der Waals surface area contributed by atoms with Crippen LogP contribution in [0.4, 0.5) is 30.6 Å². The zero-order chi connectivity index (χ0) is 14.8. The molecule has 2 aromatic rings. The number of hydrogen-bond donors (Lipinski definition) is 3.